The first-order chi connectivity index (χ1) is 18.9. The van der Waals surface area contributed by atoms with E-state index >= 15 is 0 Å². The fourth-order valence-corrected chi connectivity index (χ4v) is 4.29. The Labute approximate surface area is 235 Å². The van der Waals surface area contributed by atoms with E-state index < -0.39 is 11.9 Å². The Morgan fingerprint density at radius 1 is 0.615 bits per heavy atom. The number of carbonyl (C=O) groups is 3. The molecular formula is C33H47NO5. The monoisotopic (exact) mass is 537 g/mol. The van der Waals surface area contributed by atoms with Crippen LogP contribution < -0.4 is 5.32 Å². The van der Waals surface area contributed by atoms with E-state index in [0.717, 1.165) is 57.4 Å². The van der Waals surface area contributed by atoms with E-state index in [4.69, 9.17) is 10.2 Å². The molecule has 0 bridgehead atoms. The number of carboxylic acid groups (broad SMARTS) is 2. The number of benzene rings is 1. The first-order valence-corrected chi connectivity index (χ1v) is 14.8. The Morgan fingerprint density at radius 3 is 1.46 bits per heavy atom. The Balaban J connectivity index is 2.01. The van der Waals surface area contributed by atoms with Gasteiger partial charge >= 0.3 is 11.9 Å². The second-order valence-electron chi connectivity index (χ2n) is 10.1. The van der Waals surface area contributed by atoms with Crippen LogP contribution in [0.1, 0.15) is 150 Å². The molecule has 0 atom stereocenters. The molecule has 3 N–H and O–H groups in total. The van der Waals surface area contributed by atoms with Crippen LogP contribution in [0, 0.1) is 23.7 Å². The number of hydrogen-bond donors (Lipinski definition) is 3. The first-order valence-electron chi connectivity index (χ1n) is 14.8. The van der Waals surface area contributed by atoms with Crippen LogP contribution in [0.5, 0.6) is 0 Å². The van der Waals surface area contributed by atoms with Crippen LogP contribution in [0.15, 0.2) is 18.2 Å². The molecule has 0 radical (unpaired) electrons. The lowest BCUT2D eigenvalue weighted by atomic mass is 10.1. The zero-order chi connectivity index (χ0) is 28.6. The third kappa shape index (κ3) is 18.6. The van der Waals surface area contributed by atoms with Gasteiger partial charge in [0, 0.05) is 24.9 Å². The van der Waals surface area contributed by atoms with E-state index in [1.54, 1.807) is 0 Å². The van der Waals surface area contributed by atoms with Gasteiger partial charge in [-0.25, -0.2) is 9.59 Å². The van der Waals surface area contributed by atoms with Crippen molar-refractivity contribution in [3.63, 3.8) is 0 Å². The van der Waals surface area contributed by atoms with Crippen LogP contribution in [0.25, 0.3) is 0 Å². The fourth-order valence-electron chi connectivity index (χ4n) is 4.29. The number of aromatic carboxylic acids is 2. The van der Waals surface area contributed by atoms with E-state index in [9.17, 15) is 14.4 Å². The molecule has 6 heteroatoms. The topological polar surface area (TPSA) is 104 Å². The molecule has 6 nitrogen and oxygen atoms in total. The SMILES string of the molecule is CCCCCCCCCCCCC#CC#CCCCCCCCCC(=O)Nc1cc(C(=O)O)cc(C(=O)O)c1. The predicted molar refractivity (Wildman–Crippen MR) is 158 cm³/mol. The van der Waals surface area contributed by atoms with Crippen LogP contribution >= 0.6 is 0 Å². The van der Waals surface area contributed by atoms with Gasteiger partial charge in [0.15, 0.2) is 0 Å². The summed E-state index contributed by atoms with van der Waals surface area (Å²) >= 11 is 0. The van der Waals surface area contributed by atoms with Crippen molar-refractivity contribution in [2.45, 2.75) is 129 Å². The highest BCUT2D eigenvalue weighted by Gasteiger charge is 2.13. The van der Waals surface area contributed by atoms with E-state index in [0.29, 0.717) is 6.42 Å². The van der Waals surface area contributed by atoms with E-state index in [2.05, 4.69) is 35.9 Å². The summed E-state index contributed by atoms with van der Waals surface area (Å²) in [7, 11) is 0. The summed E-state index contributed by atoms with van der Waals surface area (Å²) in [5, 5.41) is 20.9. The largest absolute Gasteiger partial charge is 0.478 e. The van der Waals surface area contributed by atoms with Crippen molar-refractivity contribution in [3.05, 3.63) is 29.3 Å². The minimum absolute atomic E-state index is 0.175. The third-order valence-corrected chi connectivity index (χ3v) is 6.56. The van der Waals surface area contributed by atoms with E-state index in [-0.39, 0.29) is 22.7 Å². The molecule has 0 heterocycles. The number of carboxylic acids is 2. The average molecular weight is 538 g/mol. The zero-order valence-electron chi connectivity index (χ0n) is 23.8. The van der Waals surface area contributed by atoms with Gasteiger partial charge in [-0.3, -0.25) is 4.79 Å². The minimum atomic E-state index is -1.24. The van der Waals surface area contributed by atoms with Gasteiger partial charge in [-0.15, -0.1) is 0 Å². The van der Waals surface area contributed by atoms with Gasteiger partial charge in [0.1, 0.15) is 0 Å². The maximum atomic E-state index is 12.2. The number of amides is 1. The summed E-state index contributed by atoms with van der Waals surface area (Å²) in [5.74, 6) is 9.50. The molecule has 0 aliphatic heterocycles. The summed E-state index contributed by atoms with van der Waals surface area (Å²) in [5.41, 5.74) is -0.167. The third-order valence-electron chi connectivity index (χ3n) is 6.56. The highest BCUT2D eigenvalue weighted by Crippen LogP contribution is 2.17. The average Bonchev–Trinajstić information content (AvgIpc) is 2.91. The summed E-state index contributed by atoms with van der Waals surface area (Å²) < 4.78 is 0. The summed E-state index contributed by atoms with van der Waals surface area (Å²) in [6.07, 6.45) is 21.5. The van der Waals surface area contributed by atoms with Crippen LogP contribution in [0.2, 0.25) is 0 Å². The molecule has 0 aliphatic rings. The van der Waals surface area contributed by atoms with Gasteiger partial charge in [-0.05, 0) is 49.3 Å². The quantitative estimate of drug-likeness (QED) is 0.108. The number of rotatable bonds is 21. The molecule has 214 valence electrons. The molecule has 1 rings (SSSR count). The summed E-state index contributed by atoms with van der Waals surface area (Å²) in [4.78, 5) is 34.5. The molecule has 0 spiro atoms. The fraction of sp³-hybridized carbons (Fsp3) is 0.606. The predicted octanol–water partition coefficient (Wildman–Crippen LogP) is 8.46. The van der Waals surface area contributed by atoms with Crippen molar-refractivity contribution in [2.24, 2.45) is 0 Å². The number of nitrogens with one attached hydrogen (secondary N) is 1. The lowest BCUT2D eigenvalue weighted by molar-refractivity contribution is -0.116. The molecule has 1 aromatic rings. The van der Waals surface area contributed by atoms with Crippen molar-refractivity contribution in [1.82, 2.24) is 0 Å². The van der Waals surface area contributed by atoms with E-state index in [1.165, 1.54) is 76.3 Å². The number of anilines is 1. The van der Waals surface area contributed by atoms with E-state index in [1.807, 2.05) is 0 Å². The summed E-state index contributed by atoms with van der Waals surface area (Å²) in [6, 6.07) is 3.60. The molecule has 1 aromatic carbocycles. The first kappa shape index (κ1) is 33.8. The van der Waals surface area contributed by atoms with Gasteiger partial charge in [0.25, 0.3) is 0 Å². The Hall–Kier alpha value is -3.25. The van der Waals surface area contributed by atoms with Crippen LogP contribution in [0.3, 0.4) is 0 Å². The second-order valence-corrected chi connectivity index (χ2v) is 10.1. The summed E-state index contributed by atoms with van der Waals surface area (Å²) in [6.45, 7) is 2.26. The highest BCUT2D eigenvalue weighted by atomic mass is 16.4. The Morgan fingerprint density at radius 2 is 1.03 bits per heavy atom. The molecule has 0 saturated heterocycles. The van der Waals surface area contributed by atoms with Gasteiger partial charge < -0.3 is 15.5 Å². The molecular weight excluding hydrogens is 490 g/mol. The maximum absolute atomic E-state index is 12.2. The highest BCUT2D eigenvalue weighted by molar-refractivity contribution is 5.98. The van der Waals surface area contributed by atoms with Crippen molar-refractivity contribution in [2.75, 3.05) is 5.32 Å². The smallest absolute Gasteiger partial charge is 0.335 e. The normalized spacial score (nSPS) is 10.2. The van der Waals surface area contributed by atoms with Gasteiger partial charge in [0.05, 0.1) is 11.1 Å². The van der Waals surface area contributed by atoms with Crippen LogP contribution in [0.4, 0.5) is 5.69 Å². The lowest BCUT2D eigenvalue weighted by Gasteiger charge is -2.08. The number of carbonyl (C=O) groups excluding carboxylic acids is 1. The molecule has 0 aromatic heterocycles. The van der Waals surface area contributed by atoms with Gasteiger partial charge in [0.2, 0.25) is 5.91 Å². The molecule has 0 saturated carbocycles. The molecule has 0 aliphatic carbocycles. The van der Waals surface area contributed by atoms with Crippen molar-refractivity contribution in [1.29, 1.82) is 0 Å². The van der Waals surface area contributed by atoms with Crippen molar-refractivity contribution >= 4 is 23.5 Å². The van der Waals surface area contributed by atoms with Crippen molar-refractivity contribution < 1.29 is 24.6 Å². The molecule has 1 amide bonds. The lowest BCUT2D eigenvalue weighted by Crippen LogP contribution is -2.13. The number of unbranched alkanes of at least 4 members (excludes halogenated alkanes) is 16. The Bertz CT molecular complexity index is 961. The standard InChI is InChI=1S/C33H47NO5/c1-2-3-4-5-6-7-8-9-10-11-12-13-14-15-16-17-18-19-20-21-22-23-24-31(35)34-30-26-28(32(36)37)25-29(27-30)33(38)39/h25-27H,2-12,17-24H2,1H3,(H,34,35)(H,36,37)(H,38,39). The van der Waals surface area contributed by atoms with Gasteiger partial charge in [-0.2, -0.15) is 0 Å². The van der Waals surface area contributed by atoms with Crippen molar-refractivity contribution in [3.8, 4) is 23.7 Å². The number of hydrogen-bond acceptors (Lipinski definition) is 3. The van der Waals surface area contributed by atoms with Crippen LogP contribution in [-0.2, 0) is 4.79 Å². The minimum Gasteiger partial charge on any atom is -0.478 e. The zero-order valence-corrected chi connectivity index (χ0v) is 23.8. The van der Waals surface area contributed by atoms with Crippen LogP contribution in [-0.4, -0.2) is 28.1 Å². The molecule has 0 unspecified atom stereocenters. The maximum Gasteiger partial charge on any atom is 0.335 e. The Kier molecular flexibility index (Phi) is 19.7. The molecule has 0 fully saturated rings. The second kappa shape index (κ2) is 22.7. The molecule has 39 heavy (non-hydrogen) atoms. The van der Waals surface area contributed by atoms with Gasteiger partial charge in [-0.1, -0.05) is 102 Å².